The fourth-order valence-electron chi connectivity index (χ4n) is 3.16. The molecule has 0 fully saturated rings. The van der Waals surface area contributed by atoms with Crippen LogP contribution >= 0.6 is 0 Å². The van der Waals surface area contributed by atoms with E-state index in [1.807, 2.05) is 42.5 Å². The maximum Gasteiger partial charge on any atom is 0.244 e. The predicted molar refractivity (Wildman–Crippen MR) is 104 cm³/mol. The molecule has 1 heterocycles. The molecule has 0 aromatic heterocycles. The monoisotopic (exact) mass is 364 g/mol. The highest BCUT2D eigenvalue weighted by atomic mass is 32.2. The van der Waals surface area contributed by atoms with Crippen LogP contribution in [0.2, 0.25) is 0 Å². The minimum atomic E-state index is -3.57. The number of rotatable bonds is 3. The highest BCUT2D eigenvalue weighted by Gasteiger charge is 2.30. The lowest BCUT2D eigenvalue weighted by molar-refractivity contribution is 0.562. The second kappa shape index (κ2) is 6.59. The minimum absolute atomic E-state index is 0.300. The molecular formula is C21H20N2O2S. The highest BCUT2D eigenvalue weighted by molar-refractivity contribution is 7.89. The van der Waals surface area contributed by atoms with E-state index in [-0.39, 0.29) is 0 Å². The molecule has 1 aliphatic rings. The van der Waals surface area contributed by atoms with Crippen molar-refractivity contribution in [1.82, 2.24) is 4.72 Å². The minimum Gasteiger partial charge on any atom is -0.364 e. The van der Waals surface area contributed by atoms with Crippen LogP contribution in [0.4, 0.5) is 5.69 Å². The van der Waals surface area contributed by atoms with Gasteiger partial charge in [-0.25, -0.2) is 8.42 Å². The Morgan fingerprint density at radius 2 is 1.58 bits per heavy atom. The molecule has 4 nitrogen and oxygen atoms in total. The zero-order chi connectivity index (χ0) is 18.1. The second-order valence-corrected chi connectivity index (χ2v) is 8.28. The van der Waals surface area contributed by atoms with E-state index in [4.69, 9.17) is 0 Å². The Balaban J connectivity index is 1.65. The summed E-state index contributed by atoms with van der Waals surface area (Å²) < 4.78 is 28.2. The summed E-state index contributed by atoms with van der Waals surface area (Å²) in [5.41, 5.74) is 4.85. The molecule has 0 spiro atoms. The summed E-state index contributed by atoms with van der Waals surface area (Å²) in [6.45, 7) is 2.05. The summed E-state index contributed by atoms with van der Waals surface area (Å²) in [6.07, 6.45) is 0.238. The van der Waals surface area contributed by atoms with E-state index in [2.05, 4.69) is 41.2 Å². The highest BCUT2D eigenvalue weighted by Crippen LogP contribution is 2.32. The van der Waals surface area contributed by atoms with Gasteiger partial charge in [-0.1, -0.05) is 66.2 Å². The summed E-state index contributed by atoms with van der Waals surface area (Å²) in [6, 6.07) is 23.4. The number of benzene rings is 3. The number of hydrogen-bond acceptors (Lipinski definition) is 3. The molecule has 0 bridgehead atoms. The number of nitrogens with one attached hydrogen (secondary N) is 2. The van der Waals surface area contributed by atoms with Crippen molar-refractivity contribution >= 4 is 15.7 Å². The summed E-state index contributed by atoms with van der Waals surface area (Å²) in [4.78, 5) is 0.300. The molecule has 3 aromatic rings. The van der Waals surface area contributed by atoms with Crippen LogP contribution in [0.15, 0.2) is 77.7 Å². The molecule has 2 N–H and O–H groups in total. The van der Waals surface area contributed by atoms with Gasteiger partial charge in [0.05, 0.1) is 5.69 Å². The van der Waals surface area contributed by atoms with Gasteiger partial charge in [0.2, 0.25) is 10.0 Å². The summed E-state index contributed by atoms with van der Waals surface area (Å²) in [5.74, 6) is 0. The van der Waals surface area contributed by atoms with Gasteiger partial charge in [-0.15, -0.1) is 0 Å². The SMILES string of the molecule is Cc1ccc(Cc2ccc3c(c2)S(=O)(=O)NC(c2ccccc2)N3)cc1. The Morgan fingerprint density at radius 3 is 2.31 bits per heavy atom. The molecule has 26 heavy (non-hydrogen) atoms. The number of fused-ring (bicyclic) bond motifs is 1. The van der Waals surface area contributed by atoms with E-state index >= 15 is 0 Å². The average Bonchev–Trinajstić information content (AvgIpc) is 2.64. The fourth-order valence-corrected chi connectivity index (χ4v) is 4.52. The molecule has 3 aromatic carbocycles. The molecule has 0 aliphatic carbocycles. The lowest BCUT2D eigenvalue weighted by Crippen LogP contribution is -2.38. The van der Waals surface area contributed by atoms with Gasteiger partial charge in [0, 0.05) is 0 Å². The summed E-state index contributed by atoms with van der Waals surface area (Å²) in [5, 5.41) is 3.28. The number of sulfonamides is 1. The van der Waals surface area contributed by atoms with Crippen molar-refractivity contribution < 1.29 is 8.42 Å². The first-order valence-electron chi connectivity index (χ1n) is 8.53. The van der Waals surface area contributed by atoms with Gasteiger partial charge in [0.15, 0.2) is 0 Å². The Bertz CT molecular complexity index is 1030. The third-order valence-electron chi connectivity index (χ3n) is 4.57. The van der Waals surface area contributed by atoms with Crippen molar-refractivity contribution in [3.05, 3.63) is 95.1 Å². The van der Waals surface area contributed by atoms with Crippen molar-refractivity contribution in [3.8, 4) is 0 Å². The fraction of sp³-hybridized carbons (Fsp3) is 0.143. The number of aryl methyl sites for hydroxylation is 1. The van der Waals surface area contributed by atoms with Crippen molar-refractivity contribution in [2.24, 2.45) is 0 Å². The Kier molecular flexibility index (Phi) is 4.26. The first-order valence-corrected chi connectivity index (χ1v) is 10.0. The number of anilines is 1. The zero-order valence-corrected chi connectivity index (χ0v) is 15.3. The standard InChI is InChI=1S/C21H20N2O2S/c1-15-7-9-16(10-8-15)13-17-11-12-19-20(14-17)26(24,25)23-21(22-19)18-5-3-2-4-6-18/h2-12,14,21-23H,13H2,1H3. The topological polar surface area (TPSA) is 58.2 Å². The zero-order valence-electron chi connectivity index (χ0n) is 14.4. The molecule has 1 atom stereocenters. The van der Waals surface area contributed by atoms with Crippen molar-refractivity contribution in [1.29, 1.82) is 0 Å². The molecule has 1 aliphatic heterocycles. The quantitative estimate of drug-likeness (QED) is 0.739. The largest absolute Gasteiger partial charge is 0.364 e. The number of hydrogen-bond donors (Lipinski definition) is 2. The smallest absolute Gasteiger partial charge is 0.244 e. The molecule has 0 saturated carbocycles. The predicted octanol–water partition coefficient (Wildman–Crippen LogP) is 3.99. The normalized spacial score (nSPS) is 18.0. The lowest BCUT2D eigenvalue weighted by atomic mass is 10.0. The molecule has 132 valence electrons. The Hall–Kier alpha value is -2.63. The van der Waals surface area contributed by atoms with Crippen LogP contribution in [-0.2, 0) is 16.4 Å². The molecule has 0 radical (unpaired) electrons. The molecule has 0 saturated heterocycles. The van der Waals surface area contributed by atoms with Gasteiger partial charge in [-0.05, 0) is 42.2 Å². The van der Waals surface area contributed by atoms with Crippen LogP contribution in [0, 0.1) is 6.92 Å². The van der Waals surface area contributed by atoms with Crippen LogP contribution < -0.4 is 10.0 Å². The van der Waals surface area contributed by atoms with E-state index in [0.717, 1.165) is 16.7 Å². The van der Waals surface area contributed by atoms with Crippen molar-refractivity contribution in [2.75, 3.05) is 5.32 Å². The van der Waals surface area contributed by atoms with Gasteiger partial charge >= 0.3 is 0 Å². The maximum atomic E-state index is 12.8. The van der Waals surface area contributed by atoms with Crippen molar-refractivity contribution in [3.63, 3.8) is 0 Å². The van der Waals surface area contributed by atoms with Crippen LogP contribution in [0.1, 0.15) is 28.4 Å². The average molecular weight is 364 g/mol. The molecule has 4 rings (SSSR count). The Morgan fingerprint density at radius 1 is 0.885 bits per heavy atom. The van der Waals surface area contributed by atoms with Gasteiger partial charge in [-0.2, -0.15) is 4.72 Å². The van der Waals surface area contributed by atoms with Crippen LogP contribution in [0.3, 0.4) is 0 Å². The first-order chi connectivity index (χ1) is 12.5. The lowest BCUT2D eigenvalue weighted by Gasteiger charge is -2.28. The third kappa shape index (κ3) is 3.36. The Labute approximate surface area is 153 Å². The van der Waals surface area contributed by atoms with Crippen LogP contribution in [-0.4, -0.2) is 8.42 Å². The van der Waals surface area contributed by atoms with Crippen LogP contribution in [0.5, 0.6) is 0 Å². The third-order valence-corrected chi connectivity index (χ3v) is 6.03. The summed E-state index contributed by atoms with van der Waals surface area (Å²) in [7, 11) is -3.57. The maximum absolute atomic E-state index is 12.8. The van der Waals surface area contributed by atoms with Crippen LogP contribution in [0.25, 0.3) is 0 Å². The van der Waals surface area contributed by atoms with Crippen molar-refractivity contribution in [2.45, 2.75) is 24.4 Å². The van der Waals surface area contributed by atoms with Gasteiger partial charge in [-0.3, -0.25) is 0 Å². The first kappa shape index (κ1) is 16.8. The van der Waals surface area contributed by atoms with Gasteiger partial charge in [0.1, 0.15) is 11.1 Å². The van der Waals surface area contributed by atoms with E-state index in [9.17, 15) is 8.42 Å². The van der Waals surface area contributed by atoms with E-state index in [1.165, 1.54) is 5.56 Å². The summed E-state index contributed by atoms with van der Waals surface area (Å²) >= 11 is 0. The van der Waals surface area contributed by atoms with E-state index in [1.54, 1.807) is 6.07 Å². The van der Waals surface area contributed by atoms with Gasteiger partial charge in [0.25, 0.3) is 0 Å². The van der Waals surface area contributed by atoms with E-state index in [0.29, 0.717) is 17.0 Å². The molecule has 0 amide bonds. The van der Waals surface area contributed by atoms with Gasteiger partial charge < -0.3 is 5.32 Å². The molecule has 5 heteroatoms. The van der Waals surface area contributed by atoms with E-state index < -0.39 is 16.2 Å². The molecular weight excluding hydrogens is 344 g/mol. The second-order valence-electron chi connectivity index (χ2n) is 6.60. The molecule has 1 unspecified atom stereocenters.